The van der Waals surface area contributed by atoms with Gasteiger partial charge in [-0.05, 0) is 25.1 Å². The van der Waals surface area contributed by atoms with Gasteiger partial charge in [-0.15, -0.1) is 11.3 Å². The summed E-state index contributed by atoms with van der Waals surface area (Å²) in [6, 6.07) is 10.7. The van der Waals surface area contributed by atoms with Crippen LogP contribution in [-0.2, 0) is 13.0 Å². The molecule has 1 atom stereocenters. The first-order valence-electron chi connectivity index (χ1n) is 8.38. The van der Waals surface area contributed by atoms with Gasteiger partial charge in [0.05, 0.1) is 0 Å². The Hall–Kier alpha value is -1.76. The summed E-state index contributed by atoms with van der Waals surface area (Å²) >= 11 is 1.42. The largest absolute Gasteiger partial charge is 0.349 e. The first kappa shape index (κ1) is 18.6. The summed E-state index contributed by atoms with van der Waals surface area (Å²) in [4.78, 5) is 18.9. The molecule has 0 spiro atoms. The molecule has 2 rings (SSSR count). The second kappa shape index (κ2) is 9.52. The molecule has 0 bridgehead atoms. The van der Waals surface area contributed by atoms with Gasteiger partial charge >= 0.3 is 0 Å². The lowest BCUT2D eigenvalue weighted by Gasteiger charge is -2.30. The average Bonchev–Trinajstić information content (AvgIpc) is 3.10. The molecule has 0 radical (unpaired) electrons. The Morgan fingerprint density at radius 2 is 2.00 bits per heavy atom. The molecule has 0 saturated heterocycles. The fourth-order valence-electron chi connectivity index (χ4n) is 2.77. The number of carbonyl (C=O) groups excluding carboxylic acids is 1. The molecule has 2 aromatic rings. The lowest BCUT2D eigenvalue weighted by molar-refractivity contribution is 0.0930. The Morgan fingerprint density at radius 1 is 1.29 bits per heavy atom. The number of nitrogens with two attached hydrogens (primary N) is 1. The Morgan fingerprint density at radius 3 is 2.58 bits per heavy atom. The fraction of sp³-hybridized carbons (Fsp3) is 0.444. The number of thiazole rings is 1. The third-order valence-corrected chi connectivity index (χ3v) is 4.97. The molecule has 6 heteroatoms. The number of nitrogens with zero attached hydrogens (tertiary/aromatic N) is 2. The number of carbonyl (C=O) groups is 1. The SMILES string of the molecule is CCN(CC)C(CNC(=O)c1csc(CN)n1)Cc1ccccc1. The third kappa shape index (κ3) is 5.12. The maximum atomic E-state index is 12.3. The number of likely N-dealkylation sites (N-methyl/N-ethyl adjacent to an activating group) is 1. The van der Waals surface area contributed by atoms with Crippen molar-refractivity contribution < 1.29 is 4.79 Å². The van der Waals surface area contributed by atoms with Crippen molar-refractivity contribution in [2.24, 2.45) is 5.73 Å². The minimum absolute atomic E-state index is 0.129. The molecule has 1 aromatic heterocycles. The lowest BCUT2D eigenvalue weighted by Crippen LogP contribution is -2.45. The zero-order chi connectivity index (χ0) is 17.4. The van der Waals surface area contributed by atoms with Crippen molar-refractivity contribution in [3.05, 3.63) is 52.0 Å². The van der Waals surface area contributed by atoms with E-state index in [0.717, 1.165) is 24.5 Å². The first-order valence-corrected chi connectivity index (χ1v) is 9.26. The molecule has 130 valence electrons. The zero-order valence-corrected chi connectivity index (χ0v) is 15.2. The van der Waals surface area contributed by atoms with Crippen molar-refractivity contribution in [2.75, 3.05) is 19.6 Å². The van der Waals surface area contributed by atoms with Gasteiger partial charge in [-0.2, -0.15) is 0 Å². The van der Waals surface area contributed by atoms with E-state index in [0.29, 0.717) is 18.8 Å². The molecule has 0 aliphatic rings. The number of hydrogen-bond donors (Lipinski definition) is 2. The molecule has 0 aliphatic carbocycles. The number of nitrogens with one attached hydrogen (secondary N) is 1. The van der Waals surface area contributed by atoms with Crippen LogP contribution in [0.2, 0.25) is 0 Å². The Balaban J connectivity index is 2.00. The van der Waals surface area contributed by atoms with Crippen molar-refractivity contribution in [3.63, 3.8) is 0 Å². The molecule has 1 aromatic carbocycles. The van der Waals surface area contributed by atoms with Crippen LogP contribution in [0, 0.1) is 0 Å². The first-order chi connectivity index (χ1) is 11.7. The van der Waals surface area contributed by atoms with E-state index >= 15 is 0 Å². The molecular formula is C18H26N4OS. The van der Waals surface area contributed by atoms with Crippen LogP contribution in [0.5, 0.6) is 0 Å². The monoisotopic (exact) mass is 346 g/mol. The van der Waals surface area contributed by atoms with Crippen LogP contribution in [-0.4, -0.2) is 41.5 Å². The van der Waals surface area contributed by atoms with Crippen molar-refractivity contribution in [2.45, 2.75) is 32.9 Å². The van der Waals surface area contributed by atoms with Crippen molar-refractivity contribution in [3.8, 4) is 0 Å². The highest BCUT2D eigenvalue weighted by atomic mass is 32.1. The van der Waals surface area contributed by atoms with E-state index in [4.69, 9.17) is 5.73 Å². The normalized spacial score (nSPS) is 12.3. The number of amides is 1. The summed E-state index contributed by atoms with van der Waals surface area (Å²) in [6.07, 6.45) is 0.911. The van der Waals surface area contributed by atoms with Crippen molar-refractivity contribution in [1.29, 1.82) is 0 Å². The van der Waals surface area contributed by atoms with Crippen LogP contribution in [0.25, 0.3) is 0 Å². The van der Waals surface area contributed by atoms with Gasteiger partial charge in [-0.25, -0.2) is 4.98 Å². The van der Waals surface area contributed by atoms with E-state index in [2.05, 4.69) is 53.3 Å². The molecule has 1 heterocycles. The summed E-state index contributed by atoms with van der Waals surface area (Å²) < 4.78 is 0. The predicted molar refractivity (Wildman–Crippen MR) is 99.2 cm³/mol. The van der Waals surface area contributed by atoms with Crippen LogP contribution in [0.4, 0.5) is 0 Å². The summed E-state index contributed by atoms with van der Waals surface area (Å²) in [5, 5.41) is 5.58. The second-order valence-corrected chi connectivity index (χ2v) is 6.55. The van der Waals surface area contributed by atoms with E-state index in [1.807, 2.05) is 6.07 Å². The Labute approximate surface area is 147 Å². The van der Waals surface area contributed by atoms with E-state index in [1.54, 1.807) is 5.38 Å². The highest BCUT2D eigenvalue weighted by Crippen LogP contribution is 2.11. The van der Waals surface area contributed by atoms with Gasteiger partial charge < -0.3 is 11.1 Å². The van der Waals surface area contributed by atoms with Crippen molar-refractivity contribution >= 4 is 17.2 Å². The van der Waals surface area contributed by atoms with Crippen LogP contribution in [0.15, 0.2) is 35.7 Å². The smallest absolute Gasteiger partial charge is 0.270 e. The van der Waals surface area contributed by atoms with Crippen molar-refractivity contribution in [1.82, 2.24) is 15.2 Å². The Bertz CT molecular complexity index is 625. The van der Waals surface area contributed by atoms with Gasteiger partial charge in [-0.3, -0.25) is 9.69 Å². The molecular weight excluding hydrogens is 320 g/mol. The van der Waals surface area contributed by atoms with Gasteiger partial charge in [0.2, 0.25) is 0 Å². The maximum Gasteiger partial charge on any atom is 0.270 e. The van der Waals surface area contributed by atoms with Gasteiger partial charge in [0.1, 0.15) is 10.7 Å². The molecule has 0 fully saturated rings. The minimum Gasteiger partial charge on any atom is -0.349 e. The number of aromatic nitrogens is 1. The van der Waals surface area contributed by atoms with Crippen LogP contribution in [0.1, 0.15) is 34.9 Å². The Kier molecular flexibility index (Phi) is 7.36. The maximum absolute atomic E-state index is 12.3. The molecule has 1 amide bonds. The number of benzene rings is 1. The summed E-state index contributed by atoms with van der Waals surface area (Å²) in [6.45, 7) is 7.18. The topological polar surface area (TPSA) is 71.2 Å². The van der Waals surface area contributed by atoms with Gasteiger partial charge in [0.15, 0.2) is 0 Å². The van der Waals surface area contributed by atoms with E-state index in [1.165, 1.54) is 16.9 Å². The van der Waals surface area contributed by atoms with Gasteiger partial charge in [-0.1, -0.05) is 44.2 Å². The van der Waals surface area contributed by atoms with Crippen LogP contribution < -0.4 is 11.1 Å². The molecule has 0 saturated carbocycles. The highest BCUT2D eigenvalue weighted by Gasteiger charge is 2.18. The summed E-state index contributed by atoms with van der Waals surface area (Å²) in [5.41, 5.74) is 7.29. The predicted octanol–water partition coefficient (Wildman–Crippen LogP) is 2.28. The van der Waals surface area contributed by atoms with E-state index in [-0.39, 0.29) is 11.9 Å². The van der Waals surface area contributed by atoms with Gasteiger partial charge in [0, 0.05) is 24.5 Å². The summed E-state index contributed by atoms with van der Waals surface area (Å²) in [5.74, 6) is -0.129. The molecule has 0 aliphatic heterocycles. The average molecular weight is 347 g/mol. The van der Waals surface area contributed by atoms with Gasteiger partial charge in [0.25, 0.3) is 5.91 Å². The molecule has 24 heavy (non-hydrogen) atoms. The molecule has 3 N–H and O–H groups in total. The van der Waals surface area contributed by atoms with E-state index in [9.17, 15) is 4.79 Å². The highest BCUT2D eigenvalue weighted by molar-refractivity contribution is 7.09. The van der Waals surface area contributed by atoms with Crippen LogP contribution >= 0.6 is 11.3 Å². The van der Waals surface area contributed by atoms with E-state index < -0.39 is 0 Å². The molecule has 1 unspecified atom stereocenters. The quantitative estimate of drug-likeness (QED) is 0.731. The number of rotatable bonds is 9. The lowest BCUT2D eigenvalue weighted by atomic mass is 10.0. The second-order valence-electron chi connectivity index (χ2n) is 5.61. The standard InChI is InChI=1S/C18H26N4OS/c1-3-22(4-2)15(10-14-8-6-5-7-9-14)12-20-18(23)16-13-24-17(11-19)21-16/h5-9,13,15H,3-4,10-12,19H2,1-2H3,(H,20,23). The zero-order valence-electron chi connectivity index (χ0n) is 14.4. The minimum atomic E-state index is -0.129. The summed E-state index contributed by atoms with van der Waals surface area (Å²) in [7, 11) is 0. The number of hydrogen-bond acceptors (Lipinski definition) is 5. The molecule has 5 nitrogen and oxygen atoms in total. The van der Waals surface area contributed by atoms with Crippen LogP contribution in [0.3, 0.4) is 0 Å². The third-order valence-electron chi connectivity index (χ3n) is 4.10. The fourth-order valence-corrected chi connectivity index (χ4v) is 3.42.